The fourth-order valence-electron chi connectivity index (χ4n) is 5.87. The van der Waals surface area contributed by atoms with E-state index >= 15 is 0 Å². The molecule has 0 saturated carbocycles. The van der Waals surface area contributed by atoms with Crippen LogP contribution in [0.1, 0.15) is 41.4 Å². The fourth-order valence-corrected chi connectivity index (χ4v) is 5.87. The van der Waals surface area contributed by atoms with Crippen molar-refractivity contribution in [3.05, 3.63) is 70.8 Å². The van der Waals surface area contributed by atoms with Gasteiger partial charge in [0.1, 0.15) is 18.8 Å². The molecule has 4 aromatic rings. The summed E-state index contributed by atoms with van der Waals surface area (Å²) in [5.41, 5.74) is -13.7. The van der Waals surface area contributed by atoms with Gasteiger partial charge in [-0.3, -0.25) is 14.4 Å². The highest BCUT2D eigenvalue weighted by Gasteiger charge is 2.80. The number of rotatable bonds is 9. The van der Waals surface area contributed by atoms with Gasteiger partial charge in [0.05, 0.1) is 5.56 Å². The highest BCUT2D eigenvalue weighted by Crippen LogP contribution is 2.51. The van der Waals surface area contributed by atoms with E-state index in [1.54, 1.807) is 0 Å². The Morgan fingerprint density at radius 2 is 0.804 bits per heavy atom. The van der Waals surface area contributed by atoms with Gasteiger partial charge in [-0.25, -0.2) is 4.79 Å². The maximum atomic E-state index is 14.4. The van der Waals surface area contributed by atoms with Gasteiger partial charge in [-0.1, -0.05) is 0 Å². The maximum absolute atomic E-state index is 14.4. The van der Waals surface area contributed by atoms with Gasteiger partial charge in [-0.15, -0.1) is 0 Å². The summed E-state index contributed by atoms with van der Waals surface area (Å²) < 4.78 is 10.2. The summed E-state index contributed by atoms with van der Waals surface area (Å²) in [6.07, 6.45) is -5.93. The number of phenols is 12. The zero-order valence-electron chi connectivity index (χ0n) is 27.6. The summed E-state index contributed by atoms with van der Waals surface area (Å²) in [4.78, 5) is 55.9. The number of benzene rings is 4. The number of carbonyl (C=O) groups excluding carboxylic acids is 4. The predicted octanol–water partition coefficient (Wildman–Crippen LogP) is -1.13. The summed E-state index contributed by atoms with van der Waals surface area (Å²) in [6.45, 7) is -1.53. The lowest BCUT2D eigenvalue weighted by molar-refractivity contribution is -0.362. The molecule has 22 heteroatoms. The standard InChI is InChI=1S/C34H28O22/c35-14-1-10(2-15(36)23(14)43)27(47)32(52)30(50)22(9-55-31(51)13-7-20(41)26(46)21(42)8-13)56-34(54,29(49)12-5-18(39)25(45)19(40)6-12)33(32,53)28(48)11-3-16(37)24(44)17(38)4-11/h1-8,22,30,35-46,50,52-54H,9H2/t22-,30-,32+,33-,34-/m1/s1. The van der Waals surface area contributed by atoms with E-state index in [9.17, 15) is 101 Å². The van der Waals surface area contributed by atoms with Gasteiger partial charge in [0.15, 0.2) is 74.6 Å². The SMILES string of the molecule is O=C(OC[C@H]1O[C@](O)(C(=O)c2cc(O)c(O)c(O)c2)[C@@](O)(C(=O)c2cc(O)c(O)c(O)c2)[C@](O)(C(=O)c2cc(O)c(O)c(O)c2)[C@@H]1O)c1cc(O)c(O)c(O)c1. The number of phenolic OH excluding ortho intramolecular Hbond substituents is 12. The van der Waals surface area contributed by atoms with Crippen molar-refractivity contribution in [3.8, 4) is 69.0 Å². The maximum Gasteiger partial charge on any atom is 0.338 e. The van der Waals surface area contributed by atoms with Crippen LogP contribution < -0.4 is 0 Å². The number of hydrogen-bond donors (Lipinski definition) is 16. The Morgan fingerprint density at radius 3 is 1.16 bits per heavy atom. The van der Waals surface area contributed by atoms with Crippen molar-refractivity contribution >= 4 is 23.3 Å². The molecule has 5 rings (SSSR count). The van der Waals surface area contributed by atoms with Gasteiger partial charge >= 0.3 is 5.97 Å². The van der Waals surface area contributed by atoms with E-state index in [1.165, 1.54) is 0 Å². The Balaban J connectivity index is 1.79. The topological polar surface area (TPSA) is 410 Å². The van der Waals surface area contributed by atoms with Gasteiger partial charge in [0.25, 0.3) is 5.79 Å². The monoisotopic (exact) mass is 788 g/mol. The summed E-state index contributed by atoms with van der Waals surface area (Å²) in [7, 11) is 0. The van der Waals surface area contributed by atoms with E-state index in [1.807, 2.05) is 0 Å². The Morgan fingerprint density at radius 1 is 0.500 bits per heavy atom. The number of aliphatic hydroxyl groups is 4. The number of carbonyl (C=O) groups is 4. The molecule has 5 atom stereocenters. The Bertz CT molecular complexity index is 2240. The molecule has 1 fully saturated rings. The van der Waals surface area contributed by atoms with E-state index in [2.05, 4.69) is 0 Å². The highest BCUT2D eigenvalue weighted by molar-refractivity contribution is 6.18. The van der Waals surface area contributed by atoms with E-state index in [0.29, 0.717) is 24.3 Å². The van der Waals surface area contributed by atoms with Crippen LogP contribution in [0, 0.1) is 0 Å². The number of hydrogen-bond acceptors (Lipinski definition) is 22. The fraction of sp³-hybridized carbons (Fsp3) is 0.176. The minimum absolute atomic E-state index is 0.254. The van der Waals surface area contributed by atoms with Crippen molar-refractivity contribution in [1.29, 1.82) is 0 Å². The van der Waals surface area contributed by atoms with E-state index in [0.717, 1.165) is 0 Å². The second-order valence-corrected chi connectivity index (χ2v) is 12.3. The van der Waals surface area contributed by atoms with Crippen LogP contribution in [0.3, 0.4) is 0 Å². The third-order valence-electron chi connectivity index (χ3n) is 8.81. The van der Waals surface area contributed by atoms with Crippen LogP contribution in [0.5, 0.6) is 69.0 Å². The predicted molar refractivity (Wildman–Crippen MR) is 175 cm³/mol. The van der Waals surface area contributed by atoms with Gasteiger partial charge in [-0.05, 0) is 48.5 Å². The molecule has 0 amide bonds. The smallest absolute Gasteiger partial charge is 0.338 e. The van der Waals surface area contributed by atoms with Crippen LogP contribution in [0.15, 0.2) is 48.5 Å². The highest BCUT2D eigenvalue weighted by atomic mass is 16.7. The molecule has 22 nitrogen and oxygen atoms in total. The third kappa shape index (κ3) is 5.91. The molecule has 16 N–H and O–H groups in total. The van der Waals surface area contributed by atoms with Crippen molar-refractivity contribution in [3.63, 3.8) is 0 Å². The molecule has 0 aromatic heterocycles. The lowest BCUT2D eigenvalue weighted by Gasteiger charge is -2.56. The van der Waals surface area contributed by atoms with E-state index in [-0.39, 0.29) is 24.3 Å². The summed E-state index contributed by atoms with van der Waals surface area (Å²) >= 11 is 0. The normalized spacial score (nSPS) is 23.3. The molecule has 0 unspecified atom stereocenters. The van der Waals surface area contributed by atoms with Crippen molar-refractivity contribution in [2.24, 2.45) is 0 Å². The minimum Gasteiger partial charge on any atom is -0.504 e. The van der Waals surface area contributed by atoms with Crippen LogP contribution in [-0.4, -0.2) is 141 Å². The number of ketones is 3. The largest absolute Gasteiger partial charge is 0.504 e. The van der Waals surface area contributed by atoms with Crippen molar-refractivity contribution in [2.75, 3.05) is 6.61 Å². The number of esters is 1. The van der Waals surface area contributed by atoms with Gasteiger partial charge in [0, 0.05) is 16.7 Å². The molecule has 1 aliphatic rings. The van der Waals surface area contributed by atoms with E-state index in [4.69, 9.17) is 9.47 Å². The molecular formula is C34H28O22. The zero-order valence-corrected chi connectivity index (χ0v) is 27.6. The second-order valence-electron chi connectivity index (χ2n) is 12.3. The first-order valence-electron chi connectivity index (χ1n) is 15.3. The molecule has 0 radical (unpaired) electrons. The number of aliphatic hydroxyl groups excluding tert-OH is 1. The van der Waals surface area contributed by atoms with E-state index < -0.39 is 150 Å². The van der Waals surface area contributed by atoms with Crippen LogP contribution in [0.25, 0.3) is 0 Å². The zero-order chi connectivity index (χ0) is 42.0. The average molecular weight is 789 g/mol. The number of ether oxygens (including phenoxy) is 2. The van der Waals surface area contributed by atoms with Gasteiger partial charge in [-0.2, -0.15) is 0 Å². The van der Waals surface area contributed by atoms with Gasteiger partial charge < -0.3 is 91.2 Å². The molecule has 1 heterocycles. The Hall–Kier alpha value is -7.24. The lowest BCUT2D eigenvalue weighted by Crippen LogP contribution is -2.86. The van der Waals surface area contributed by atoms with Crippen LogP contribution in [0.2, 0.25) is 0 Å². The first-order chi connectivity index (χ1) is 25.9. The average Bonchev–Trinajstić information content (AvgIpc) is 3.15. The third-order valence-corrected chi connectivity index (χ3v) is 8.81. The molecule has 4 aromatic carbocycles. The van der Waals surface area contributed by atoms with Crippen molar-refractivity contribution in [2.45, 2.75) is 29.2 Å². The van der Waals surface area contributed by atoms with Crippen molar-refractivity contribution < 1.29 is 110 Å². The van der Waals surface area contributed by atoms with Gasteiger partial charge in [0.2, 0.25) is 23.0 Å². The molecule has 296 valence electrons. The molecule has 0 aliphatic carbocycles. The summed E-state index contributed by atoms with van der Waals surface area (Å²) in [5.74, 6) is -27.8. The lowest BCUT2D eigenvalue weighted by atomic mass is 9.61. The van der Waals surface area contributed by atoms with Crippen LogP contribution in [-0.2, 0) is 9.47 Å². The first-order valence-corrected chi connectivity index (χ1v) is 15.3. The van der Waals surface area contributed by atoms with Crippen molar-refractivity contribution in [1.82, 2.24) is 0 Å². The minimum atomic E-state index is -4.75. The second kappa shape index (κ2) is 13.6. The molecule has 56 heavy (non-hydrogen) atoms. The Labute approximate surface area is 309 Å². The quantitative estimate of drug-likeness (QED) is 0.0542. The Kier molecular flexibility index (Phi) is 9.67. The molecule has 1 saturated heterocycles. The molecule has 0 spiro atoms. The first kappa shape index (κ1) is 40.0. The molecule has 1 aliphatic heterocycles. The van der Waals surface area contributed by atoms with Crippen LogP contribution >= 0.6 is 0 Å². The summed E-state index contributed by atoms with van der Waals surface area (Å²) in [6, 6.07) is 2.79. The molecular weight excluding hydrogens is 760 g/mol. The summed E-state index contributed by atoms with van der Waals surface area (Å²) in [5, 5.41) is 168. The molecule has 0 bridgehead atoms. The van der Waals surface area contributed by atoms with Crippen LogP contribution in [0.4, 0.5) is 0 Å². The number of Topliss-reactive ketones (excluding diaryl/α,β-unsaturated/α-hetero) is 3. The number of aromatic hydroxyl groups is 12.